The lowest BCUT2D eigenvalue weighted by atomic mass is 9.96. The van der Waals surface area contributed by atoms with E-state index in [-0.39, 0.29) is 11.9 Å². The van der Waals surface area contributed by atoms with Gasteiger partial charge in [-0.15, -0.1) is 0 Å². The molecule has 0 bridgehead atoms. The summed E-state index contributed by atoms with van der Waals surface area (Å²) in [4.78, 5) is 2.11. The summed E-state index contributed by atoms with van der Waals surface area (Å²) in [6, 6.07) is 13.2. The first-order chi connectivity index (χ1) is 8.99. The van der Waals surface area contributed by atoms with Gasteiger partial charge in [-0.3, -0.25) is 4.90 Å². The third-order valence-corrected chi connectivity index (χ3v) is 3.27. The van der Waals surface area contributed by atoms with Crippen molar-refractivity contribution in [2.45, 2.75) is 13.0 Å². The van der Waals surface area contributed by atoms with Crippen LogP contribution in [-0.4, -0.2) is 19.0 Å². The molecule has 2 N–H and O–H groups in total. The summed E-state index contributed by atoms with van der Waals surface area (Å²) >= 11 is 0. The van der Waals surface area contributed by atoms with Gasteiger partial charge in [0.25, 0.3) is 0 Å². The highest BCUT2D eigenvalue weighted by atomic mass is 19.1. The molecule has 100 valence electrons. The summed E-state index contributed by atoms with van der Waals surface area (Å²) in [5.41, 5.74) is 9.36. The van der Waals surface area contributed by atoms with Gasteiger partial charge in [-0.25, -0.2) is 4.39 Å². The molecule has 19 heavy (non-hydrogen) atoms. The average molecular weight is 258 g/mol. The zero-order valence-corrected chi connectivity index (χ0v) is 11.5. The van der Waals surface area contributed by atoms with Crippen molar-refractivity contribution in [3.63, 3.8) is 0 Å². The van der Waals surface area contributed by atoms with Gasteiger partial charge in [0.05, 0.1) is 6.04 Å². The molecule has 2 aromatic carbocycles. The van der Waals surface area contributed by atoms with Gasteiger partial charge in [-0.2, -0.15) is 0 Å². The zero-order chi connectivity index (χ0) is 14.0. The Hall–Kier alpha value is -1.87. The number of hydrogen-bond donors (Lipinski definition) is 1. The number of rotatable bonds is 3. The van der Waals surface area contributed by atoms with Crippen LogP contribution in [-0.2, 0) is 0 Å². The van der Waals surface area contributed by atoms with Gasteiger partial charge in [0, 0.05) is 5.69 Å². The van der Waals surface area contributed by atoms with Crippen LogP contribution in [0.15, 0.2) is 42.5 Å². The predicted molar refractivity (Wildman–Crippen MR) is 77.5 cm³/mol. The molecule has 0 radical (unpaired) electrons. The number of nitrogens with two attached hydrogens (primary N) is 1. The van der Waals surface area contributed by atoms with Crippen LogP contribution < -0.4 is 5.73 Å². The maximum atomic E-state index is 13.4. The molecule has 3 heteroatoms. The lowest BCUT2D eigenvalue weighted by Gasteiger charge is -2.25. The number of nitrogen functional groups attached to an aromatic ring is 1. The highest BCUT2D eigenvalue weighted by molar-refractivity contribution is 5.43. The van der Waals surface area contributed by atoms with Gasteiger partial charge < -0.3 is 5.73 Å². The summed E-state index contributed by atoms with van der Waals surface area (Å²) < 4.78 is 13.4. The highest BCUT2D eigenvalue weighted by Crippen LogP contribution is 2.28. The molecule has 0 spiro atoms. The molecule has 0 aromatic heterocycles. The molecule has 2 nitrogen and oxygen atoms in total. The second-order valence-electron chi connectivity index (χ2n) is 5.04. The fourth-order valence-electron chi connectivity index (χ4n) is 2.31. The molecule has 0 heterocycles. The Morgan fingerprint density at radius 1 is 1.00 bits per heavy atom. The summed E-state index contributed by atoms with van der Waals surface area (Å²) in [5.74, 6) is -0.168. The Morgan fingerprint density at radius 2 is 1.58 bits per heavy atom. The molecule has 0 saturated heterocycles. The second kappa shape index (κ2) is 5.41. The lowest BCUT2D eigenvalue weighted by molar-refractivity contribution is 0.342. The van der Waals surface area contributed by atoms with E-state index in [0.717, 1.165) is 16.8 Å². The third kappa shape index (κ3) is 2.93. The molecule has 2 rings (SSSR count). The van der Waals surface area contributed by atoms with Crippen molar-refractivity contribution in [3.05, 3.63) is 65.0 Å². The fourth-order valence-corrected chi connectivity index (χ4v) is 2.31. The zero-order valence-electron chi connectivity index (χ0n) is 11.5. The molecule has 1 atom stereocenters. The smallest absolute Gasteiger partial charge is 0.126 e. The van der Waals surface area contributed by atoms with E-state index in [0.29, 0.717) is 5.56 Å². The topological polar surface area (TPSA) is 29.3 Å². The molecular formula is C16H19FN2. The predicted octanol–water partition coefficient (Wildman–Crippen LogP) is 3.37. The monoisotopic (exact) mass is 258 g/mol. The van der Waals surface area contributed by atoms with Gasteiger partial charge in [-0.1, -0.05) is 24.3 Å². The van der Waals surface area contributed by atoms with Crippen LogP contribution in [0, 0.1) is 12.7 Å². The van der Waals surface area contributed by atoms with Crippen LogP contribution in [0.1, 0.15) is 22.7 Å². The first kappa shape index (κ1) is 13.6. The minimum atomic E-state index is -0.168. The van der Waals surface area contributed by atoms with Gasteiger partial charge >= 0.3 is 0 Å². The molecule has 0 aliphatic rings. The number of benzene rings is 2. The Balaban J connectivity index is 2.45. The first-order valence-corrected chi connectivity index (χ1v) is 6.27. The highest BCUT2D eigenvalue weighted by Gasteiger charge is 2.17. The van der Waals surface area contributed by atoms with Crippen molar-refractivity contribution >= 4 is 5.69 Å². The van der Waals surface area contributed by atoms with E-state index < -0.39 is 0 Å². The van der Waals surface area contributed by atoms with Crippen molar-refractivity contribution in [1.29, 1.82) is 0 Å². The normalized spacial score (nSPS) is 12.7. The minimum Gasteiger partial charge on any atom is -0.399 e. The van der Waals surface area contributed by atoms with Crippen LogP contribution in [0.25, 0.3) is 0 Å². The molecule has 0 fully saturated rings. The van der Waals surface area contributed by atoms with Crippen LogP contribution in [0.2, 0.25) is 0 Å². The summed E-state index contributed by atoms with van der Waals surface area (Å²) in [6.45, 7) is 1.79. The van der Waals surface area contributed by atoms with E-state index in [2.05, 4.69) is 4.90 Å². The number of nitrogens with zero attached hydrogens (tertiary/aromatic N) is 1. The molecule has 0 saturated carbocycles. The standard InChI is InChI=1S/C16H19FN2/c1-11-10-13(6-9-15(11)17)16(19(2)3)12-4-7-14(18)8-5-12/h4-10,16H,18H2,1-3H3. The molecule has 0 aliphatic heterocycles. The van der Waals surface area contributed by atoms with Crippen molar-refractivity contribution in [2.75, 3.05) is 19.8 Å². The maximum Gasteiger partial charge on any atom is 0.126 e. The third-order valence-electron chi connectivity index (χ3n) is 3.27. The van der Waals surface area contributed by atoms with Gasteiger partial charge in [0.1, 0.15) is 5.82 Å². The number of aryl methyl sites for hydroxylation is 1. The average Bonchev–Trinajstić information content (AvgIpc) is 2.36. The van der Waals surface area contributed by atoms with E-state index in [9.17, 15) is 4.39 Å². The Labute approximate surface area is 113 Å². The summed E-state index contributed by atoms with van der Waals surface area (Å²) in [7, 11) is 4.03. The van der Waals surface area contributed by atoms with Crippen molar-refractivity contribution in [2.24, 2.45) is 0 Å². The Morgan fingerprint density at radius 3 is 2.11 bits per heavy atom. The molecule has 1 unspecified atom stereocenters. The van der Waals surface area contributed by atoms with E-state index in [1.54, 1.807) is 6.92 Å². The molecular weight excluding hydrogens is 239 g/mol. The Kier molecular flexibility index (Phi) is 3.86. The second-order valence-corrected chi connectivity index (χ2v) is 5.04. The Bertz CT molecular complexity index is 561. The largest absolute Gasteiger partial charge is 0.399 e. The molecule has 2 aromatic rings. The van der Waals surface area contributed by atoms with Gasteiger partial charge in [0.2, 0.25) is 0 Å². The van der Waals surface area contributed by atoms with E-state index in [1.165, 1.54) is 6.07 Å². The van der Waals surface area contributed by atoms with Crippen LogP contribution in [0.4, 0.5) is 10.1 Å². The SMILES string of the molecule is Cc1cc(C(c2ccc(N)cc2)N(C)C)ccc1F. The number of halogens is 1. The van der Waals surface area contributed by atoms with Crippen molar-refractivity contribution in [3.8, 4) is 0 Å². The van der Waals surface area contributed by atoms with Gasteiger partial charge in [-0.05, 0) is 55.9 Å². The van der Waals surface area contributed by atoms with E-state index >= 15 is 0 Å². The fraction of sp³-hybridized carbons (Fsp3) is 0.250. The van der Waals surface area contributed by atoms with Crippen LogP contribution in [0.5, 0.6) is 0 Å². The summed E-state index contributed by atoms with van der Waals surface area (Å²) in [6.07, 6.45) is 0. The minimum absolute atomic E-state index is 0.0971. The summed E-state index contributed by atoms with van der Waals surface area (Å²) in [5, 5.41) is 0. The lowest BCUT2D eigenvalue weighted by Crippen LogP contribution is -2.21. The van der Waals surface area contributed by atoms with E-state index in [4.69, 9.17) is 5.73 Å². The van der Waals surface area contributed by atoms with Crippen LogP contribution >= 0.6 is 0 Å². The van der Waals surface area contributed by atoms with E-state index in [1.807, 2.05) is 50.5 Å². The quantitative estimate of drug-likeness (QED) is 0.855. The van der Waals surface area contributed by atoms with Crippen molar-refractivity contribution < 1.29 is 4.39 Å². The van der Waals surface area contributed by atoms with Crippen LogP contribution in [0.3, 0.4) is 0 Å². The first-order valence-electron chi connectivity index (χ1n) is 6.27. The van der Waals surface area contributed by atoms with Gasteiger partial charge in [0.15, 0.2) is 0 Å². The maximum absolute atomic E-state index is 13.4. The van der Waals surface area contributed by atoms with Crippen molar-refractivity contribution in [1.82, 2.24) is 4.90 Å². The molecule has 0 amide bonds. The number of anilines is 1. The number of hydrogen-bond acceptors (Lipinski definition) is 2. The molecule has 0 aliphatic carbocycles.